The van der Waals surface area contributed by atoms with Gasteiger partial charge in [0.2, 0.25) is 0 Å². The third-order valence-electron chi connectivity index (χ3n) is 4.56. The third kappa shape index (κ3) is 3.43. The number of anilines is 1. The molecule has 0 unspecified atom stereocenters. The van der Waals surface area contributed by atoms with Crippen molar-refractivity contribution in [3.05, 3.63) is 29.3 Å². The van der Waals surface area contributed by atoms with E-state index >= 15 is 0 Å². The van der Waals surface area contributed by atoms with E-state index in [0.29, 0.717) is 18.4 Å². The fraction of sp³-hybridized carbons (Fsp3) is 0.611. The van der Waals surface area contributed by atoms with Crippen LogP contribution in [0.15, 0.2) is 18.2 Å². The minimum atomic E-state index is -0.501. The average Bonchev–Trinajstić information content (AvgIpc) is 2.91. The Morgan fingerprint density at radius 3 is 2.50 bits per heavy atom. The van der Waals surface area contributed by atoms with Crippen molar-refractivity contribution in [3.8, 4) is 0 Å². The Morgan fingerprint density at radius 1 is 1.36 bits per heavy atom. The molecule has 1 saturated carbocycles. The zero-order valence-corrected chi connectivity index (χ0v) is 14.5. The zero-order valence-electron chi connectivity index (χ0n) is 14.5. The maximum Gasteiger partial charge on any atom is 0.412 e. The largest absolute Gasteiger partial charge is 0.444 e. The highest BCUT2D eigenvalue weighted by Crippen LogP contribution is 2.64. The number of ether oxygens (including phenoxy) is 1. The Bertz CT molecular complexity index is 573. The lowest BCUT2D eigenvalue weighted by Crippen LogP contribution is -2.27. The van der Waals surface area contributed by atoms with Crippen molar-refractivity contribution < 1.29 is 9.53 Å². The number of hydrogen-bond acceptors (Lipinski definition) is 3. The van der Waals surface area contributed by atoms with E-state index < -0.39 is 11.7 Å². The summed E-state index contributed by atoms with van der Waals surface area (Å²) in [6.07, 6.45) is -0.418. The van der Waals surface area contributed by atoms with E-state index in [1.54, 1.807) is 0 Å². The number of hydrogen-bond donors (Lipinski definition) is 2. The van der Waals surface area contributed by atoms with Crippen LogP contribution in [0.4, 0.5) is 10.5 Å². The van der Waals surface area contributed by atoms with E-state index in [1.807, 2.05) is 33.8 Å². The molecule has 0 aromatic heterocycles. The second-order valence-electron chi connectivity index (χ2n) is 7.84. The van der Waals surface area contributed by atoms with Gasteiger partial charge >= 0.3 is 6.09 Å². The Labute approximate surface area is 133 Å². The van der Waals surface area contributed by atoms with Crippen LogP contribution in [-0.2, 0) is 4.74 Å². The molecule has 0 bridgehead atoms. The summed E-state index contributed by atoms with van der Waals surface area (Å²) in [6.45, 7) is 12.7. The summed E-state index contributed by atoms with van der Waals surface area (Å²) in [7, 11) is 0. The van der Waals surface area contributed by atoms with Gasteiger partial charge < -0.3 is 10.5 Å². The summed E-state index contributed by atoms with van der Waals surface area (Å²) < 4.78 is 5.33. The molecule has 0 aliphatic heterocycles. The number of nitrogens with two attached hydrogens (primary N) is 1. The molecule has 4 nitrogen and oxygen atoms in total. The van der Waals surface area contributed by atoms with E-state index in [9.17, 15) is 4.79 Å². The van der Waals surface area contributed by atoms with Gasteiger partial charge in [-0.05, 0) is 68.7 Å². The fourth-order valence-electron chi connectivity index (χ4n) is 3.23. The van der Waals surface area contributed by atoms with Crippen LogP contribution >= 0.6 is 0 Å². The first-order valence-corrected chi connectivity index (χ1v) is 7.87. The Kier molecular flexibility index (Phi) is 4.26. The van der Waals surface area contributed by atoms with Gasteiger partial charge in [0.05, 0.1) is 0 Å². The molecular formula is C18H28N2O2. The fourth-order valence-corrected chi connectivity index (χ4v) is 3.23. The number of carbonyl (C=O) groups excluding carboxylic acids is 1. The second kappa shape index (κ2) is 5.58. The molecular weight excluding hydrogens is 276 g/mol. The highest BCUT2D eigenvalue weighted by atomic mass is 16.6. The molecule has 1 aromatic rings. The lowest BCUT2D eigenvalue weighted by molar-refractivity contribution is 0.0636. The smallest absolute Gasteiger partial charge is 0.412 e. The van der Waals surface area contributed by atoms with Crippen molar-refractivity contribution in [2.75, 3.05) is 11.9 Å². The number of amides is 1. The van der Waals surface area contributed by atoms with E-state index in [2.05, 4.69) is 31.3 Å². The highest BCUT2D eigenvalue weighted by Gasteiger charge is 2.57. The van der Waals surface area contributed by atoms with Crippen LogP contribution in [0.2, 0.25) is 0 Å². The monoisotopic (exact) mass is 304 g/mol. The minimum Gasteiger partial charge on any atom is -0.444 e. The van der Waals surface area contributed by atoms with E-state index in [0.717, 1.165) is 11.3 Å². The lowest BCUT2D eigenvalue weighted by atomic mass is 10.0. The summed E-state index contributed by atoms with van der Waals surface area (Å²) in [6, 6.07) is 6.24. The molecule has 1 aromatic carbocycles. The Hall–Kier alpha value is -1.55. The van der Waals surface area contributed by atoms with Gasteiger partial charge in [-0.25, -0.2) is 4.79 Å². The quantitative estimate of drug-likeness (QED) is 0.885. The van der Waals surface area contributed by atoms with Gasteiger partial charge in [0, 0.05) is 5.69 Å². The molecule has 3 N–H and O–H groups in total. The summed E-state index contributed by atoms with van der Waals surface area (Å²) in [5, 5.41) is 2.86. The number of carbonyl (C=O) groups is 1. The summed E-state index contributed by atoms with van der Waals surface area (Å²) in [5.74, 6) is 0.960. The van der Waals surface area contributed by atoms with Gasteiger partial charge in [0.1, 0.15) is 5.60 Å². The summed E-state index contributed by atoms with van der Waals surface area (Å²) in [5.41, 5.74) is 8.66. The summed E-state index contributed by atoms with van der Waals surface area (Å²) >= 11 is 0. The second-order valence-corrected chi connectivity index (χ2v) is 7.84. The van der Waals surface area contributed by atoms with E-state index in [1.165, 1.54) is 5.56 Å². The standard InChI is InChI=1S/C18H28N2O2/c1-11-7-8-12(15-13(10-19)18(15,5)6)9-14(11)20-16(21)22-17(2,3)4/h7-9,13,15H,10,19H2,1-6H3,(H,20,21)/t13-,15-/m0/s1. The van der Waals surface area contributed by atoms with E-state index in [4.69, 9.17) is 10.5 Å². The number of nitrogens with one attached hydrogen (secondary N) is 1. The van der Waals surface area contributed by atoms with Crippen LogP contribution in [0.25, 0.3) is 0 Å². The Morgan fingerprint density at radius 2 is 2.00 bits per heavy atom. The molecule has 0 radical (unpaired) electrons. The topological polar surface area (TPSA) is 64.3 Å². The van der Waals surface area contributed by atoms with Crippen LogP contribution in [0.5, 0.6) is 0 Å². The number of rotatable bonds is 3. The SMILES string of the molecule is Cc1ccc([C@H]2[C@H](CN)C2(C)C)cc1NC(=O)OC(C)(C)C. The maximum atomic E-state index is 12.0. The highest BCUT2D eigenvalue weighted by molar-refractivity contribution is 5.86. The first-order valence-electron chi connectivity index (χ1n) is 7.87. The molecule has 0 heterocycles. The van der Waals surface area contributed by atoms with Crippen molar-refractivity contribution in [1.82, 2.24) is 0 Å². The minimum absolute atomic E-state index is 0.229. The molecule has 4 heteroatoms. The van der Waals surface area contributed by atoms with Crippen LogP contribution in [0.1, 0.15) is 51.7 Å². The maximum absolute atomic E-state index is 12.0. The van der Waals surface area contributed by atoms with Crippen LogP contribution in [-0.4, -0.2) is 18.2 Å². The molecule has 2 rings (SSSR count). The van der Waals surface area contributed by atoms with Crippen molar-refractivity contribution in [2.45, 2.75) is 53.1 Å². The number of benzene rings is 1. The van der Waals surface area contributed by atoms with Gasteiger partial charge in [-0.1, -0.05) is 26.0 Å². The van der Waals surface area contributed by atoms with Crippen molar-refractivity contribution in [1.29, 1.82) is 0 Å². The summed E-state index contributed by atoms with van der Waals surface area (Å²) in [4.78, 5) is 12.0. The molecule has 1 amide bonds. The molecule has 1 fully saturated rings. The predicted molar refractivity (Wildman–Crippen MR) is 90.1 cm³/mol. The first kappa shape index (κ1) is 16.8. The molecule has 122 valence electrons. The zero-order chi connectivity index (χ0) is 16.7. The first-order chi connectivity index (χ1) is 10.1. The van der Waals surface area contributed by atoms with Crippen molar-refractivity contribution in [3.63, 3.8) is 0 Å². The van der Waals surface area contributed by atoms with Gasteiger partial charge in [-0.2, -0.15) is 0 Å². The van der Waals surface area contributed by atoms with Gasteiger partial charge in [0.15, 0.2) is 0 Å². The van der Waals surface area contributed by atoms with Gasteiger partial charge in [-0.3, -0.25) is 5.32 Å². The number of aryl methyl sites for hydroxylation is 1. The molecule has 1 aliphatic carbocycles. The molecule has 2 atom stereocenters. The van der Waals surface area contributed by atoms with Crippen LogP contribution < -0.4 is 11.1 Å². The van der Waals surface area contributed by atoms with Gasteiger partial charge in [0.25, 0.3) is 0 Å². The lowest BCUT2D eigenvalue weighted by Gasteiger charge is -2.20. The predicted octanol–water partition coefficient (Wildman–Crippen LogP) is 4.04. The van der Waals surface area contributed by atoms with Crippen molar-refractivity contribution in [2.24, 2.45) is 17.1 Å². The third-order valence-corrected chi connectivity index (χ3v) is 4.56. The Balaban J connectivity index is 2.17. The molecule has 0 saturated heterocycles. The van der Waals surface area contributed by atoms with Crippen molar-refractivity contribution >= 4 is 11.8 Å². The van der Waals surface area contributed by atoms with Crippen LogP contribution in [0, 0.1) is 18.3 Å². The normalized spacial score (nSPS) is 23.0. The molecule has 1 aliphatic rings. The average molecular weight is 304 g/mol. The van der Waals surface area contributed by atoms with Crippen LogP contribution in [0.3, 0.4) is 0 Å². The van der Waals surface area contributed by atoms with E-state index in [-0.39, 0.29) is 5.41 Å². The molecule has 0 spiro atoms. The molecule has 22 heavy (non-hydrogen) atoms. The van der Waals surface area contributed by atoms with Gasteiger partial charge in [-0.15, -0.1) is 0 Å².